The van der Waals surface area contributed by atoms with Crippen molar-refractivity contribution in [3.05, 3.63) is 40.1 Å². The Hall–Kier alpha value is -1.27. The van der Waals surface area contributed by atoms with Gasteiger partial charge in [0.05, 0.1) is 17.0 Å². The number of hydrogen-bond acceptors (Lipinski definition) is 1. The van der Waals surface area contributed by atoms with Crippen LogP contribution in [0.2, 0.25) is 0 Å². The average Bonchev–Trinajstić information content (AvgIpc) is 2.53. The van der Waals surface area contributed by atoms with E-state index in [1.807, 2.05) is 45.2 Å². The van der Waals surface area contributed by atoms with Gasteiger partial charge in [0, 0.05) is 16.4 Å². The van der Waals surface area contributed by atoms with E-state index in [1.165, 1.54) is 0 Å². The Morgan fingerprint density at radius 2 is 2.06 bits per heavy atom. The number of fused-ring (bicyclic) bond motifs is 1. The molecule has 0 atom stereocenters. The number of halogens is 1. The SMILES string of the molecule is Cc1c(Br)c2ccccn2c1C(C)(C)C#N. The number of hydrogen-bond donors (Lipinski definition) is 0. The lowest BCUT2D eigenvalue weighted by Gasteiger charge is -2.17. The molecule has 0 bridgehead atoms. The monoisotopic (exact) mass is 276 g/mol. The Balaban J connectivity index is 2.91. The normalized spacial score (nSPS) is 11.7. The second kappa shape index (κ2) is 3.64. The molecular formula is C13H13BrN2. The molecule has 2 aromatic heterocycles. The minimum atomic E-state index is -0.486. The van der Waals surface area contributed by atoms with Crippen molar-refractivity contribution >= 4 is 21.4 Å². The van der Waals surface area contributed by atoms with Crippen LogP contribution in [-0.4, -0.2) is 4.40 Å². The van der Waals surface area contributed by atoms with Crippen LogP contribution in [0.1, 0.15) is 25.1 Å². The molecule has 82 valence electrons. The molecule has 0 saturated carbocycles. The molecule has 0 aliphatic heterocycles. The zero-order chi connectivity index (χ0) is 11.9. The van der Waals surface area contributed by atoms with E-state index in [4.69, 9.17) is 0 Å². The van der Waals surface area contributed by atoms with Crippen LogP contribution in [0, 0.1) is 18.3 Å². The highest BCUT2D eigenvalue weighted by molar-refractivity contribution is 9.10. The quantitative estimate of drug-likeness (QED) is 0.779. The summed E-state index contributed by atoms with van der Waals surface area (Å²) in [6, 6.07) is 8.40. The van der Waals surface area contributed by atoms with Crippen LogP contribution < -0.4 is 0 Å². The molecule has 0 saturated heterocycles. The standard InChI is InChI=1S/C13H13BrN2/c1-9-11(14)10-6-4-5-7-16(10)12(9)13(2,3)8-15/h4-7H,1-3H3. The highest BCUT2D eigenvalue weighted by Crippen LogP contribution is 2.35. The minimum Gasteiger partial charge on any atom is -0.318 e. The molecule has 0 spiro atoms. The highest BCUT2D eigenvalue weighted by Gasteiger charge is 2.27. The van der Waals surface area contributed by atoms with Crippen molar-refractivity contribution in [3.8, 4) is 6.07 Å². The first kappa shape index (κ1) is 11.2. The van der Waals surface area contributed by atoms with E-state index in [0.717, 1.165) is 21.2 Å². The third-order valence-electron chi connectivity index (χ3n) is 2.88. The molecule has 0 amide bonds. The van der Waals surface area contributed by atoms with Crippen molar-refractivity contribution < 1.29 is 0 Å². The molecular weight excluding hydrogens is 264 g/mol. The Labute approximate surface area is 104 Å². The minimum absolute atomic E-state index is 0.486. The van der Waals surface area contributed by atoms with Crippen molar-refractivity contribution in [2.45, 2.75) is 26.2 Å². The average molecular weight is 277 g/mol. The zero-order valence-corrected chi connectivity index (χ0v) is 11.2. The van der Waals surface area contributed by atoms with Gasteiger partial charge in [-0.3, -0.25) is 0 Å². The number of nitriles is 1. The zero-order valence-electron chi connectivity index (χ0n) is 9.58. The summed E-state index contributed by atoms with van der Waals surface area (Å²) in [5.41, 5.74) is 2.81. The summed E-state index contributed by atoms with van der Waals surface area (Å²) in [6.07, 6.45) is 2.00. The first-order valence-electron chi connectivity index (χ1n) is 5.16. The molecule has 0 unspecified atom stereocenters. The van der Waals surface area contributed by atoms with Crippen molar-refractivity contribution in [3.63, 3.8) is 0 Å². The van der Waals surface area contributed by atoms with Gasteiger partial charge < -0.3 is 4.40 Å². The fraction of sp³-hybridized carbons (Fsp3) is 0.308. The van der Waals surface area contributed by atoms with Crippen molar-refractivity contribution in [2.75, 3.05) is 0 Å². The van der Waals surface area contributed by atoms with Crippen molar-refractivity contribution in [1.29, 1.82) is 5.26 Å². The molecule has 2 aromatic rings. The Morgan fingerprint density at radius 3 is 2.69 bits per heavy atom. The van der Waals surface area contributed by atoms with Crippen LogP contribution in [0.25, 0.3) is 5.52 Å². The molecule has 2 rings (SSSR count). The van der Waals surface area contributed by atoms with Crippen LogP contribution in [0.3, 0.4) is 0 Å². The second-order valence-electron chi connectivity index (χ2n) is 4.48. The molecule has 0 aliphatic rings. The van der Waals surface area contributed by atoms with E-state index in [-0.39, 0.29) is 0 Å². The summed E-state index contributed by atoms with van der Waals surface area (Å²) < 4.78 is 3.16. The van der Waals surface area contributed by atoms with Gasteiger partial charge in [0.15, 0.2) is 0 Å². The number of pyridine rings is 1. The molecule has 16 heavy (non-hydrogen) atoms. The van der Waals surface area contributed by atoms with E-state index in [2.05, 4.69) is 26.4 Å². The predicted octanol–water partition coefficient (Wildman–Crippen LogP) is 3.81. The van der Waals surface area contributed by atoms with Gasteiger partial charge in [-0.15, -0.1) is 0 Å². The van der Waals surface area contributed by atoms with Crippen LogP contribution in [0.15, 0.2) is 28.9 Å². The van der Waals surface area contributed by atoms with Gasteiger partial charge in [0.1, 0.15) is 0 Å². The Morgan fingerprint density at radius 1 is 1.38 bits per heavy atom. The van der Waals surface area contributed by atoms with E-state index < -0.39 is 5.41 Å². The molecule has 0 aliphatic carbocycles. The number of rotatable bonds is 1. The van der Waals surface area contributed by atoms with Crippen molar-refractivity contribution in [1.82, 2.24) is 4.40 Å². The fourth-order valence-corrected chi connectivity index (χ4v) is 2.63. The summed E-state index contributed by atoms with van der Waals surface area (Å²) in [4.78, 5) is 0. The highest BCUT2D eigenvalue weighted by atomic mass is 79.9. The van der Waals surface area contributed by atoms with E-state index in [9.17, 15) is 5.26 Å². The maximum Gasteiger partial charge on any atom is 0.0923 e. The third kappa shape index (κ3) is 1.45. The maximum absolute atomic E-state index is 9.26. The van der Waals surface area contributed by atoms with Gasteiger partial charge in [-0.1, -0.05) is 6.07 Å². The predicted molar refractivity (Wildman–Crippen MR) is 68.5 cm³/mol. The lowest BCUT2D eigenvalue weighted by Crippen LogP contribution is -2.17. The third-order valence-corrected chi connectivity index (χ3v) is 3.88. The molecule has 3 heteroatoms. The summed E-state index contributed by atoms with van der Waals surface area (Å²) >= 11 is 3.59. The van der Waals surface area contributed by atoms with E-state index in [0.29, 0.717) is 0 Å². The first-order chi connectivity index (χ1) is 7.49. The van der Waals surface area contributed by atoms with E-state index >= 15 is 0 Å². The first-order valence-corrected chi connectivity index (χ1v) is 5.95. The van der Waals surface area contributed by atoms with Crippen molar-refractivity contribution in [2.24, 2.45) is 0 Å². The molecule has 2 heterocycles. The lowest BCUT2D eigenvalue weighted by molar-refractivity contribution is 0.647. The fourth-order valence-electron chi connectivity index (χ4n) is 2.12. The van der Waals surface area contributed by atoms with Crippen LogP contribution in [-0.2, 0) is 5.41 Å². The second-order valence-corrected chi connectivity index (χ2v) is 5.27. The van der Waals surface area contributed by atoms with Gasteiger partial charge in [-0.05, 0) is 54.4 Å². The topological polar surface area (TPSA) is 28.2 Å². The molecule has 0 fully saturated rings. The molecule has 0 aromatic carbocycles. The number of nitrogens with zero attached hydrogens (tertiary/aromatic N) is 2. The van der Waals surface area contributed by atoms with Crippen LogP contribution in [0.4, 0.5) is 0 Å². The van der Waals surface area contributed by atoms with E-state index in [1.54, 1.807) is 0 Å². The van der Waals surface area contributed by atoms with Crippen LogP contribution >= 0.6 is 15.9 Å². The summed E-state index contributed by atoms with van der Waals surface area (Å²) in [6.45, 7) is 5.94. The summed E-state index contributed by atoms with van der Waals surface area (Å²) in [7, 11) is 0. The maximum atomic E-state index is 9.26. The summed E-state index contributed by atoms with van der Waals surface area (Å²) in [5, 5.41) is 9.26. The van der Waals surface area contributed by atoms with Gasteiger partial charge in [0.2, 0.25) is 0 Å². The molecule has 2 nitrogen and oxygen atoms in total. The van der Waals surface area contributed by atoms with Gasteiger partial charge in [-0.25, -0.2) is 0 Å². The van der Waals surface area contributed by atoms with Gasteiger partial charge in [0.25, 0.3) is 0 Å². The largest absolute Gasteiger partial charge is 0.318 e. The van der Waals surface area contributed by atoms with Gasteiger partial charge in [-0.2, -0.15) is 5.26 Å². The van der Waals surface area contributed by atoms with Gasteiger partial charge >= 0.3 is 0 Å². The van der Waals surface area contributed by atoms with Crippen LogP contribution in [0.5, 0.6) is 0 Å². The number of aromatic nitrogens is 1. The smallest absolute Gasteiger partial charge is 0.0923 e. The molecule has 0 N–H and O–H groups in total. The Kier molecular flexibility index (Phi) is 2.55. The summed E-state index contributed by atoms with van der Waals surface area (Å²) in [5.74, 6) is 0. The lowest BCUT2D eigenvalue weighted by atomic mass is 9.89. The molecule has 0 radical (unpaired) electrons. The Bertz CT molecular complexity index is 588.